The molecule has 0 spiro atoms. The molecule has 1 aromatic carbocycles. The Balaban J connectivity index is 2.67. The Morgan fingerprint density at radius 3 is 2.93 bits per heavy atom. The number of carbonyl (C=O) groups is 1. The Kier molecular flexibility index (Phi) is 2.74. The van der Waals surface area contributed by atoms with Gasteiger partial charge in [-0.3, -0.25) is 4.79 Å². The molecule has 72 valence electrons. The second-order valence-corrected chi connectivity index (χ2v) is 4.43. The molecule has 0 saturated heterocycles. The fourth-order valence-corrected chi connectivity index (χ4v) is 2.06. The molecular formula is C10H7Br2NO. The molecule has 1 heterocycles. The lowest BCUT2D eigenvalue weighted by atomic mass is 10.1. The highest BCUT2D eigenvalue weighted by molar-refractivity contribution is 9.10. The number of aromatic amines is 1. The molecule has 0 aliphatic rings. The van der Waals surface area contributed by atoms with Crippen molar-refractivity contribution in [3.05, 3.63) is 34.4 Å². The highest BCUT2D eigenvalue weighted by atomic mass is 79.9. The monoisotopic (exact) mass is 315 g/mol. The molecule has 0 saturated carbocycles. The molecule has 4 heteroatoms. The summed E-state index contributed by atoms with van der Waals surface area (Å²) in [5.74, 6) is 0.0920. The van der Waals surface area contributed by atoms with Crippen LogP contribution >= 0.6 is 31.9 Å². The third-order valence-corrected chi connectivity index (χ3v) is 3.07. The number of Topliss-reactive ketones (excluding diaryl/α,β-unsaturated/α-hetero) is 1. The molecule has 2 nitrogen and oxygen atoms in total. The summed E-state index contributed by atoms with van der Waals surface area (Å²) < 4.78 is 0.980. The molecule has 1 N–H and O–H groups in total. The maximum Gasteiger partial charge on any atom is 0.175 e. The maximum atomic E-state index is 11.5. The van der Waals surface area contributed by atoms with Crippen molar-refractivity contribution < 1.29 is 4.79 Å². The quantitative estimate of drug-likeness (QED) is 0.667. The summed E-state index contributed by atoms with van der Waals surface area (Å²) in [7, 11) is 0. The summed E-state index contributed by atoms with van der Waals surface area (Å²) in [6.45, 7) is 0. The van der Waals surface area contributed by atoms with Crippen LogP contribution in [0.4, 0.5) is 0 Å². The first-order chi connectivity index (χ1) is 6.72. The Labute approximate surface area is 97.9 Å². The molecule has 0 radical (unpaired) electrons. The second kappa shape index (κ2) is 3.87. The predicted molar refractivity (Wildman–Crippen MR) is 64.1 cm³/mol. The molecule has 0 aliphatic carbocycles. The van der Waals surface area contributed by atoms with Crippen LogP contribution in [0.5, 0.6) is 0 Å². The number of rotatable bonds is 2. The van der Waals surface area contributed by atoms with Crippen molar-refractivity contribution >= 4 is 48.5 Å². The van der Waals surface area contributed by atoms with E-state index in [0.717, 1.165) is 20.9 Å². The van der Waals surface area contributed by atoms with Crippen LogP contribution in [0.2, 0.25) is 0 Å². The minimum Gasteiger partial charge on any atom is -0.360 e. The summed E-state index contributed by atoms with van der Waals surface area (Å²) in [6, 6.07) is 5.84. The average molecular weight is 317 g/mol. The first-order valence-electron chi connectivity index (χ1n) is 4.08. The van der Waals surface area contributed by atoms with Crippen LogP contribution in [0.15, 0.2) is 28.9 Å². The van der Waals surface area contributed by atoms with Gasteiger partial charge in [0.25, 0.3) is 0 Å². The predicted octanol–water partition coefficient (Wildman–Crippen LogP) is 3.51. The molecule has 0 unspecified atom stereocenters. The van der Waals surface area contributed by atoms with Gasteiger partial charge in [-0.25, -0.2) is 0 Å². The molecule has 0 amide bonds. The van der Waals surface area contributed by atoms with Crippen molar-refractivity contribution in [1.82, 2.24) is 4.98 Å². The van der Waals surface area contributed by atoms with Gasteiger partial charge < -0.3 is 4.98 Å². The summed E-state index contributed by atoms with van der Waals surface area (Å²) in [4.78, 5) is 14.6. The number of halogens is 2. The van der Waals surface area contributed by atoms with Gasteiger partial charge in [0.05, 0.1) is 5.33 Å². The molecular weight excluding hydrogens is 310 g/mol. The second-order valence-electron chi connectivity index (χ2n) is 2.95. The lowest BCUT2D eigenvalue weighted by molar-refractivity contribution is 0.102. The number of benzene rings is 1. The van der Waals surface area contributed by atoms with Gasteiger partial charge >= 0.3 is 0 Å². The van der Waals surface area contributed by atoms with Crippen molar-refractivity contribution in [3.63, 3.8) is 0 Å². The van der Waals surface area contributed by atoms with E-state index in [1.807, 2.05) is 18.2 Å². The summed E-state index contributed by atoms with van der Waals surface area (Å²) >= 11 is 6.55. The summed E-state index contributed by atoms with van der Waals surface area (Å²) in [5, 5.41) is 1.32. The van der Waals surface area contributed by atoms with Crippen molar-refractivity contribution in [1.29, 1.82) is 0 Å². The molecule has 0 fully saturated rings. The van der Waals surface area contributed by atoms with E-state index in [9.17, 15) is 4.79 Å². The van der Waals surface area contributed by atoms with Gasteiger partial charge in [0.15, 0.2) is 5.78 Å². The summed E-state index contributed by atoms with van der Waals surface area (Å²) in [5.41, 5.74) is 1.72. The van der Waals surface area contributed by atoms with E-state index < -0.39 is 0 Å². The Morgan fingerprint density at radius 2 is 2.21 bits per heavy atom. The topological polar surface area (TPSA) is 32.9 Å². The van der Waals surface area contributed by atoms with Crippen LogP contribution in [0.3, 0.4) is 0 Å². The fourth-order valence-electron chi connectivity index (χ4n) is 1.40. The molecule has 2 aromatic rings. The number of alkyl halides is 1. The van der Waals surface area contributed by atoms with Gasteiger partial charge in [-0.1, -0.05) is 31.9 Å². The largest absolute Gasteiger partial charge is 0.360 e. The third kappa shape index (κ3) is 1.64. The zero-order valence-electron chi connectivity index (χ0n) is 7.18. The Morgan fingerprint density at radius 1 is 1.43 bits per heavy atom. The molecule has 2 rings (SSSR count). The number of hydrogen-bond acceptors (Lipinski definition) is 1. The minimum atomic E-state index is 0.0920. The molecule has 0 aliphatic heterocycles. The molecule has 0 bridgehead atoms. The van der Waals surface area contributed by atoms with E-state index in [0.29, 0.717) is 5.33 Å². The van der Waals surface area contributed by atoms with Gasteiger partial charge in [0, 0.05) is 27.1 Å². The van der Waals surface area contributed by atoms with Crippen LogP contribution in [0, 0.1) is 0 Å². The number of aromatic nitrogens is 1. The van der Waals surface area contributed by atoms with Gasteiger partial charge in [-0.15, -0.1) is 0 Å². The van der Waals surface area contributed by atoms with Gasteiger partial charge in [-0.05, 0) is 18.2 Å². The maximum absolute atomic E-state index is 11.5. The van der Waals surface area contributed by atoms with Crippen molar-refractivity contribution in [3.8, 4) is 0 Å². The van der Waals surface area contributed by atoms with E-state index in [2.05, 4.69) is 36.8 Å². The van der Waals surface area contributed by atoms with Crippen LogP contribution in [0.1, 0.15) is 10.4 Å². The van der Waals surface area contributed by atoms with Crippen molar-refractivity contribution in [2.75, 3.05) is 5.33 Å². The van der Waals surface area contributed by atoms with Crippen LogP contribution in [-0.2, 0) is 0 Å². The van der Waals surface area contributed by atoms with Crippen molar-refractivity contribution in [2.45, 2.75) is 0 Å². The van der Waals surface area contributed by atoms with E-state index in [1.54, 1.807) is 6.20 Å². The van der Waals surface area contributed by atoms with Gasteiger partial charge in [0.1, 0.15) is 0 Å². The first-order valence-corrected chi connectivity index (χ1v) is 5.99. The number of nitrogens with one attached hydrogen (secondary N) is 1. The molecule has 0 atom stereocenters. The standard InChI is InChI=1S/C10H7Br2NO/c11-4-10(14)8-5-13-9-2-1-6(12)3-7(8)9/h1-3,5,13H,4H2. The SMILES string of the molecule is O=C(CBr)c1c[nH]c2ccc(Br)cc12. The third-order valence-electron chi connectivity index (χ3n) is 2.07. The van der Waals surface area contributed by atoms with Crippen LogP contribution in [-0.4, -0.2) is 16.1 Å². The number of fused-ring (bicyclic) bond motifs is 1. The van der Waals surface area contributed by atoms with Gasteiger partial charge in [0.2, 0.25) is 0 Å². The lowest BCUT2D eigenvalue weighted by Crippen LogP contribution is -1.97. The highest BCUT2D eigenvalue weighted by Gasteiger charge is 2.10. The van der Waals surface area contributed by atoms with E-state index in [4.69, 9.17) is 0 Å². The lowest BCUT2D eigenvalue weighted by Gasteiger charge is -1.95. The smallest absolute Gasteiger partial charge is 0.175 e. The average Bonchev–Trinajstić information content (AvgIpc) is 2.59. The Hall–Kier alpha value is -0.610. The highest BCUT2D eigenvalue weighted by Crippen LogP contribution is 2.23. The van der Waals surface area contributed by atoms with Crippen LogP contribution < -0.4 is 0 Å². The number of hydrogen-bond donors (Lipinski definition) is 1. The summed E-state index contributed by atoms with van der Waals surface area (Å²) in [6.07, 6.45) is 1.75. The number of H-pyrrole nitrogens is 1. The van der Waals surface area contributed by atoms with E-state index in [1.165, 1.54) is 0 Å². The van der Waals surface area contributed by atoms with E-state index >= 15 is 0 Å². The number of carbonyl (C=O) groups excluding carboxylic acids is 1. The van der Waals surface area contributed by atoms with Crippen LogP contribution in [0.25, 0.3) is 10.9 Å². The zero-order valence-corrected chi connectivity index (χ0v) is 10.4. The normalized spacial score (nSPS) is 10.7. The fraction of sp³-hybridized carbons (Fsp3) is 0.100. The zero-order chi connectivity index (χ0) is 10.1. The molecule has 1 aromatic heterocycles. The van der Waals surface area contributed by atoms with Gasteiger partial charge in [-0.2, -0.15) is 0 Å². The first kappa shape index (κ1) is 9.93. The van der Waals surface area contributed by atoms with E-state index in [-0.39, 0.29) is 5.78 Å². The number of ketones is 1. The Bertz CT molecular complexity index is 490. The molecule has 14 heavy (non-hydrogen) atoms. The minimum absolute atomic E-state index is 0.0920. The van der Waals surface area contributed by atoms with Crippen molar-refractivity contribution in [2.24, 2.45) is 0 Å².